The van der Waals surface area contributed by atoms with Gasteiger partial charge in [0, 0.05) is 37.9 Å². The maximum Gasteiger partial charge on any atom is 0.419 e. The molecule has 3 rings (SSSR count). The van der Waals surface area contributed by atoms with Gasteiger partial charge in [-0.05, 0) is 25.5 Å². The van der Waals surface area contributed by atoms with E-state index in [4.69, 9.17) is 10.2 Å². The second kappa shape index (κ2) is 9.08. The van der Waals surface area contributed by atoms with Crippen LogP contribution < -0.4 is 10.2 Å². The molecule has 29 heavy (non-hydrogen) atoms. The van der Waals surface area contributed by atoms with Crippen molar-refractivity contribution in [3.8, 4) is 0 Å². The van der Waals surface area contributed by atoms with Crippen LogP contribution in [0.1, 0.15) is 18.9 Å². The fraction of sp³-hybridized carbons (Fsp3) is 0.421. The number of allylic oxidation sites excluding steroid dienone is 2. The average Bonchev–Trinajstić information content (AvgIpc) is 2.68. The van der Waals surface area contributed by atoms with E-state index in [9.17, 15) is 22.8 Å². The van der Waals surface area contributed by atoms with E-state index in [2.05, 4.69) is 10.3 Å². The molecule has 7 nitrogen and oxygen atoms in total. The number of carbonyl (C=O) groups is 2. The van der Waals surface area contributed by atoms with E-state index < -0.39 is 29.1 Å². The number of carboxylic acids is 2. The number of aliphatic carboxylic acids is 2. The molecule has 0 radical (unpaired) electrons. The molecule has 0 saturated carbocycles. The highest BCUT2D eigenvalue weighted by atomic mass is 19.4. The first-order valence-electron chi connectivity index (χ1n) is 8.87. The van der Waals surface area contributed by atoms with E-state index >= 15 is 0 Å². The Morgan fingerprint density at radius 1 is 1.24 bits per heavy atom. The lowest BCUT2D eigenvalue weighted by atomic mass is 9.80. The molecule has 1 aromatic rings. The van der Waals surface area contributed by atoms with Crippen molar-refractivity contribution in [2.45, 2.75) is 19.5 Å². The van der Waals surface area contributed by atoms with Gasteiger partial charge < -0.3 is 20.4 Å². The molecule has 1 unspecified atom stereocenters. The van der Waals surface area contributed by atoms with Crippen LogP contribution >= 0.6 is 0 Å². The third kappa shape index (κ3) is 5.80. The third-order valence-corrected chi connectivity index (χ3v) is 4.59. The predicted molar refractivity (Wildman–Crippen MR) is 99.5 cm³/mol. The van der Waals surface area contributed by atoms with E-state index in [1.165, 1.54) is 37.4 Å². The number of anilines is 1. The predicted octanol–water partition coefficient (Wildman–Crippen LogP) is 2.56. The first kappa shape index (κ1) is 22.4. The SMILES string of the molecule is CC1(C(=O)O)C=CC=C(C(=O)O)C1.FC(F)(F)c1cccnc1N1CCNCC1. The fourth-order valence-corrected chi connectivity index (χ4v) is 2.93. The summed E-state index contributed by atoms with van der Waals surface area (Å²) in [5, 5.41) is 20.6. The highest BCUT2D eigenvalue weighted by molar-refractivity contribution is 5.90. The number of alkyl halides is 3. The molecule has 10 heteroatoms. The summed E-state index contributed by atoms with van der Waals surface area (Å²) in [6.07, 6.45) is 1.49. The summed E-state index contributed by atoms with van der Waals surface area (Å²) in [6, 6.07) is 2.39. The number of rotatable bonds is 3. The molecule has 3 N–H and O–H groups in total. The quantitative estimate of drug-likeness (QED) is 0.700. The highest BCUT2D eigenvalue weighted by Crippen LogP contribution is 2.35. The summed E-state index contributed by atoms with van der Waals surface area (Å²) in [5.74, 6) is -2.02. The lowest BCUT2D eigenvalue weighted by Crippen LogP contribution is -2.44. The molecule has 1 fully saturated rings. The van der Waals surface area contributed by atoms with Crippen molar-refractivity contribution in [2.24, 2.45) is 5.41 Å². The Labute approximate surface area is 165 Å². The van der Waals surface area contributed by atoms with Gasteiger partial charge in [-0.15, -0.1) is 0 Å². The Balaban J connectivity index is 0.000000212. The maximum absolute atomic E-state index is 12.7. The van der Waals surface area contributed by atoms with Crippen molar-refractivity contribution in [3.05, 3.63) is 47.7 Å². The summed E-state index contributed by atoms with van der Waals surface area (Å²) < 4.78 is 38.2. The van der Waals surface area contributed by atoms with Crippen molar-refractivity contribution in [1.29, 1.82) is 0 Å². The number of carboxylic acid groups (broad SMARTS) is 2. The zero-order valence-corrected chi connectivity index (χ0v) is 15.7. The zero-order valence-electron chi connectivity index (χ0n) is 15.7. The van der Waals surface area contributed by atoms with E-state index in [-0.39, 0.29) is 17.8 Å². The molecule has 1 aromatic heterocycles. The minimum Gasteiger partial charge on any atom is -0.481 e. The molecule has 2 heterocycles. The van der Waals surface area contributed by atoms with Crippen LogP contribution in [0.5, 0.6) is 0 Å². The molecule has 1 aliphatic carbocycles. The van der Waals surface area contributed by atoms with Crippen molar-refractivity contribution in [2.75, 3.05) is 31.1 Å². The normalized spacial score (nSPS) is 21.7. The topological polar surface area (TPSA) is 103 Å². The number of piperazine rings is 1. The Morgan fingerprint density at radius 3 is 2.45 bits per heavy atom. The van der Waals surface area contributed by atoms with Gasteiger partial charge in [0.05, 0.1) is 11.0 Å². The first-order chi connectivity index (χ1) is 13.5. The molecule has 0 aromatic carbocycles. The fourth-order valence-electron chi connectivity index (χ4n) is 2.93. The van der Waals surface area contributed by atoms with Crippen LogP contribution in [-0.2, 0) is 15.8 Å². The number of halogens is 3. The highest BCUT2D eigenvalue weighted by Gasteiger charge is 2.36. The van der Waals surface area contributed by atoms with E-state index in [1.807, 2.05) is 0 Å². The van der Waals surface area contributed by atoms with Gasteiger partial charge >= 0.3 is 18.1 Å². The number of hydrogen-bond donors (Lipinski definition) is 3. The van der Waals surface area contributed by atoms with Crippen LogP contribution in [0, 0.1) is 5.41 Å². The van der Waals surface area contributed by atoms with Gasteiger partial charge in [0.25, 0.3) is 0 Å². The van der Waals surface area contributed by atoms with Crippen molar-refractivity contribution in [3.63, 3.8) is 0 Å². The number of hydrogen-bond acceptors (Lipinski definition) is 5. The van der Waals surface area contributed by atoms with Crippen LogP contribution in [0.3, 0.4) is 0 Å². The van der Waals surface area contributed by atoms with Crippen LogP contribution in [-0.4, -0.2) is 53.3 Å². The molecule has 2 aliphatic rings. The third-order valence-electron chi connectivity index (χ3n) is 4.59. The minimum absolute atomic E-state index is 0.0359. The van der Waals surface area contributed by atoms with Crippen LogP contribution in [0.15, 0.2) is 42.1 Å². The Kier molecular flexibility index (Phi) is 7.02. The molecule has 0 bridgehead atoms. The zero-order chi connectivity index (χ0) is 21.7. The van der Waals surface area contributed by atoms with Crippen molar-refractivity contribution >= 4 is 17.8 Å². The Hall–Kier alpha value is -2.88. The van der Waals surface area contributed by atoms with Gasteiger partial charge in [0.2, 0.25) is 0 Å². The van der Waals surface area contributed by atoms with E-state index in [1.54, 1.807) is 4.90 Å². The van der Waals surface area contributed by atoms with Gasteiger partial charge in [-0.2, -0.15) is 13.2 Å². The van der Waals surface area contributed by atoms with Gasteiger partial charge in [-0.1, -0.05) is 18.2 Å². The molecular weight excluding hydrogens is 391 g/mol. The molecule has 1 aliphatic heterocycles. The van der Waals surface area contributed by atoms with Gasteiger partial charge in [-0.25, -0.2) is 9.78 Å². The standard InChI is InChI=1S/C10H12F3N3.C9H10O4/c11-10(12,13)8-2-1-3-15-9(8)16-6-4-14-5-7-16;1-9(8(12)13)4-2-3-6(5-9)7(10)11/h1-3,14H,4-7H2;2-4H,5H2,1H3,(H,10,11)(H,12,13). The summed E-state index contributed by atoms with van der Waals surface area (Å²) in [4.78, 5) is 26.9. The second-order valence-corrected chi connectivity index (χ2v) is 6.86. The van der Waals surface area contributed by atoms with Crippen molar-refractivity contribution < 1.29 is 33.0 Å². The Bertz CT molecular complexity index is 817. The summed E-state index contributed by atoms with van der Waals surface area (Å²) >= 11 is 0. The van der Waals surface area contributed by atoms with E-state index in [0.717, 1.165) is 6.07 Å². The first-order valence-corrected chi connectivity index (χ1v) is 8.87. The lowest BCUT2D eigenvalue weighted by Gasteiger charge is -2.30. The molecule has 0 amide bonds. The lowest BCUT2D eigenvalue weighted by molar-refractivity contribution is -0.145. The van der Waals surface area contributed by atoms with Gasteiger partial charge in [-0.3, -0.25) is 4.79 Å². The number of nitrogens with zero attached hydrogens (tertiary/aromatic N) is 2. The maximum atomic E-state index is 12.7. The van der Waals surface area contributed by atoms with Gasteiger partial charge in [0.1, 0.15) is 5.82 Å². The van der Waals surface area contributed by atoms with Crippen LogP contribution in [0.25, 0.3) is 0 Å². The molecule has 158 valence electrons. The summed E-state index contributed by atoms with van der Waals surface area (Å²) in [7, 11) is 0. The number of pyridine rings is 1. The largest absolute Gasteiger partial charge is 0.481 e. The molecule has 0 spiro atoms. The summed E-state index contributed by atoms with van der Waals surface area (Å²) in [6.45, 7) is 3.99. The number of aromatic nitrogens is 1. The average molecular weight is 413 g/mol. The molecule has 1 atom stereocenters. The smallest absolute Gasteiger partial charge is 0.419 e. The molecule has 1 saturated heterocycles. The minimum atomic E-state index is -4.34. The monoisotopic (exact) mass is 413 g/mol. The number of nitrogens with one attached hydrogen (secondary N) is 1. The Morgan fingerprint density at radius 2 is 1.90 bits per heavy atom. The summed E-state index contributed by atoms with van der Waals surface area (Å²) in [5.41, 5.74) is -1.60. The van der Waals surface area contributed by atoms with Crippen LogP contribution in [0.4, 0.5) is 19.0 Å². The van der Waals surface area contributed by atoms with Gasteiger partial charge in [0.15, 0.2) is 0 Å². The van der Waals surface area contributed by atoms with E-state index in [0.29, 0.717) is 26.2 Å². The van der Waals surface area contributed by atoms with Crippen molar-refractivity contribution in [1.82, 2.24) is 10.3 Å². The van der Waals surface area contributed by atoms with Crippen LogP contribution in [0.2, 0.25) is 0 Å². The molecular formula is C19H22F3N3O4. The second-order valence-electron chi connectivity index (χ2n) is 6.86.